The zero-order chi connectivity index (χ0) is 17.8. The second-order valence-corrected chi connectivity index (χ2v) is 6.00. The van der Waals surface area contributed by atoms with E-state index >= 15 is 0 Å². The highest BCUT2D eigenvalue weighted by atomic mass is 16.4. The number of carboxylic acid groups (broad SMARTS) is 1. The number of amides is 1. The van der Waals surface area contributed by atoms with Crippen LogP contribution in [-0.2, 0) is 30.9 Å². The van der Waals surface area contributed by atoms with Gasteiger partial charge < -0.3 is 15.1 Å². The lowest BCUT2D eigenvalue weighted by Crippen LogP contribution is -2.31. The van der Waals surface area contributed by atoms with Crippen molar-refractivity contribution in [3.63, 3.8) is 0 Å². The highest BCUT2D eigenvalue weighted by molar-refractivity contribution is 5.92. The predicted octanol–water partition coefficient (Wildman–Crippen LogP) is 0.834. The molecule has 2 aromatic heterocycles. The Hall–Kier alpha value is -2.74. The molecule has 1 aliphatic rings. The number of nitrogens with zero attached hydrogens (tertiary/aromatic N) is 4. The zero-order valence-corrected chi connectivity index (χ0v) is 13.8. The molecule has 0 unspecified atom stereocenters. The van der Waals surface area contributed by atoms with E-state index in [2.05, 4.69) is 10.1 Å². The van der Waals surface area contributed by atoms with Gasteiger partial charge in [-0.15, -0.1) is 0 Å². The number of aliphatic hydroxyl groups is 1. The maximum Gasteiger partial charge on any atom is 0.303 e. The minimum absolute atomic E-state index is 0.0387. The Morgan fingerprint density at radius 3 is 2.80 bits per heavy atom. The van der Waals surface area contributed by atoms with Crippen LogP contribution in [0.1, 0.15) is 40.4 Å². The fourth-order valence-electron chi connectivity index (χ4n) is 2.90. The van der Waals surface area contributed by atoms with Crippen LogP contribution in [0.15, 0.2) is 24.3 Å². The van der Waals surface area contributed by atoms with Crippen LogP contribution >= 0.6 is 0 Å². The number of aliphatic carboxylic acids is 1. The first kappa shape index (κ1) is 17.1. The van der Waals surface area contributed by atoms with Crippen molar-refractivity contribution in [1.82, 2.24) is 19.7 Å². The molecule has 8 nitrogen and oxygen atoms in total. The molecule has 0 aliphatic carbocycles. The number of hydrogen-bond donors (Lipinski definition) is 2. The molecular formula is C17H20N4O4. The number of carboxylic acids is 1. The first-order chi connectivity index (χ1) is 12.1. The zero-order valence-electron chi connectivity index (χ0n) is 13.8. The van der Waals surface area contributed by atoms with Gasteiger partial charge in [0.15, 0.2) is 0 Å². The van der Waals surface area contributed by atoms with Gasteiger partial charge >= 0.3 is 5.97 Å². The quantitative estimate of drug-likeness (QED) is 0.832. The summed E-state index contributed by atoms with van der Waals surface area (Å²) in [7, 11) is 0. The van der Waals surface area contributed by atoms with Crippen molar-refractivity contribution < 1.29 is 19.8 Å². The van der Waals surface area contributed by atoms with Gasteiger partial charge in [0.25, 0.3) is 5.91 Å². The number of aryl methyl sites for hydroxylation is 2. The van der Waals surface area contributed by atoms with E-state index in [1.807, 2.05) is 10.7 Å². The summed E-state index contributed by atoms with van der Waals surface area (Å²) in [5.74, 6) is -1.04. The Morgan fingerprint density at radius 1 is 1.20 bits per heavy atom. The van der Waals surface area contributed by atoms with Gasteiger partial charge in [-0.05, 0) is 24.6 Å². The van der Waals surface area contributed by atoms with E-state index in [0.717, 1.165) is 17.8 Å². The third-order valence-corrected chi connectivity index (χ3v) is 4.13. The number of aliphatic hydroxyl groups excluding tert-OH is 1. The summed E-state index contributed by atoms with van der Waals surface area (Å²) >= 11 is 0. The van der Waals surface area contributed by atoms with Crippen molar-refractivity contribution in [3.05, 3.63) is 47.0 Å². The fourth-order valence-corrected chi connectivity index (χ4v) is 2.90. The van der Waals surface area contributed by atoms with Gasteiger partial charge in [-0.3, -0.25) is 14.3 Å². The summed E-state index contributed by atoms with van der Waals surface area (Å²) in [4.78, 5) is 29.3. The Labute approximate surface area is 144 Å². The first-order valence-electron chi connectivity index (χ1n) is 8.20. The number of rotatable bonds is 5. The Balaban J connectivity index is 1.76. The molecule has 0 fully saturated rings. The SMILES string of the molecule is O=C(O)CCc1cc2n(n1)CCCN(C(=O)c1cccc(CO)n1)C2. The molecule has 0 atom stereocenters. The monoisotopic (exact) mass is 344 g/mol. The Morgan fingerprint density at radius 2 is 2.04 bits per heavy atom. The molecule has 3 heterocycles. The summed E-state index contributed by atoms with van der Waals surface area (Å²) in [6.45, 7) is 1.48. The summed E-state index contributed by atoms with van der Waals surface area (Å²) in [5, 5.41) is 22.4. The smallest absolute Gasteiger partial charge is 0.303 e. The third-order valence-electron chi connectivity index (χ3n) is 4.13. The van der Waals surface area contributed by atoms with Gasteiger partial charge in [-0.1, -0.05) is 6.07 Å². The lowest BCUT2D eigenvalue weighted by Gasteiger charge is -2.19. The van der Waals surface area contributed by atoms with Crippen molar-refractivity contribution >= 4 is 11.9 Å². The van der Waals surface area contributed by atoms with Crippen LogP contribution in [-0.4, -0.2) is 48.3 Å². The molecule has 0 spiro atoms. The molecule has 25 heavy (non-hydrogen) atoms. The van der Waals surface area contributed by atoms with Crippen LogP contribution in [0.4, 0.5) is 0 Å². The number of carbonyl (C=O) groups is 2. The summed E-state index contributed by atoms with van der Waals surface area (Å²) in [6, 6.07) is 6.88. The van der Waals surface area contributed by atoms with Crippen LogP contribution in [0, 0.1) is 0 Å². The molecule has 8 heteroatoms. The molecule has 2 aromatic rings. The Bertz CT molecular complexity index is 787. The number of pyridine rings is 1. The van der Waals surface area contributed by atoms with E-state index in [0.29, 0.717) is 37.4 Å². The molecule has 0 bridgehead atoms. The molecular weight excluding hydrogens is 324 g/mol. The van der Waals surface area contributed by atoms with Crippen molar-refractivity contribution in [1.29, 1.82) is 0 Å². The van der Waals surface area contributed by atoms with Crippen LogP contribution in [0.2, 0.25) is 0 Å². The molecule has 0 saturated heterocycles. The predicted molar refractivity (Wildman–Crippen MR) is 87.7 cm³/mol. The van der Waals surface area contributed by atoms with E-state index in [9.17, 15) is 14.7 Å². The van der Waals surface area contributed by atoms with Crippen molar-refractivity contribution in [3.8, 4) is 0 Å². The van der Waals surface area contributed by atoms with E-state index in [1.165, 1.54) is 0 Å². The first-order valence-corrected chi connectivity index (χ1v) is 8.20. The maximum atomic E-state index is 12.7. The summed E-state index contributed by atoms with van der Waals surface area (Å²) in [5.41, 5.74) is 2.39. The molecule has 2 N–H and O–H groups in total. The molecule has 0 aromatic carbocycles. The van der Waals surface area contributed by atoms with Gasteiger partial charge in [0, 0.05) is 19.5 Å². The van der Waals surface area contributed by atoms with Crippen LogP contribution in [0.25, 0.3) is 0 Å². The molecule has 1 aliphatic heterocycles. The largest absolute Gasteiger partial charge is 0.481 e. The van der Waals surface area contributed by atoms with Crippen molar-refractivity contribution in [2.45, 2.75) is 39.0 Å². The van der Waals surface area contributed by atoms with E-state index in [-0.39, 0.29) is 18.9 Å². The maximum absolute atomic E-state index is 12.7. The Kier molecular flexibility index (Phi) is 5.08. The molecule has 0 radical (unpaired) electrons. The van der Waals surface area contributed by atoms with Crippen LogP contribution < -0.4 is 0 Å². The van der Waals surface area contributed by atoms with E-state index in [4.69, 9.17) is 5.11 Å². The molecule has 1 amide bonds. The van der Waals surface area contributed by atoms with Gasteiger partial charge in [-0.25, -0.2) is 4.98 Å². The van der Waals surface area contributed by atoms with E-state index in [1.54, 1.807) is 23.1 Å². The average Bonchev–Trinajstić information content (AvgIpc) is 2.89. The van der Waals surface area contributed by atoms with Crippen molar-refractivity contribution in [2.75, 3.05) is 6.54 Å². The molecule has 132 valence electrons. The van der Waals surface area contributed by atoms with Gasteiger partial charge in [0.05, 0.1) is 36.7 Å². The second kappa shape index (κ2) is 7.43. The third kappa shape index (κ3) is 4.03. The average molecular weight is 344 g/mol. The molecule has 0 saturated carbocycles. The topological polar surface area (TPSA) is 109 Å². The second-order valence-electron chi connectivity index (χ2n) is 6.00. The minimum atomic E-state index is -0.852. The lowest BCUT2D eigenvalue weighted by molar-refractivity contribution is -0.136. The van der Waals surface area contributed by atoms with Crippen LogP contribution in [0.5, 0.6) is 0 Å². The highest BCUT2D eigenvalue weighted by Crippen LogP contribution is 2.17. The van der Waals surface area contributed by atoms with Crippen molar-refractivity contribution in [2.24, 2.45) is 0 Å². The van der Waals surface area contributed by atoms with Gasteiger partial charge in [-0.2, -0.15) is 5.10 Å². The summed E-state index contributed by atoms with van der Waals surface area (Å²) < 4.78 is 1.85. The van der Waals surface area contributed by atoms with Crippen LogP contribution in [0.3, 0.4) is 0 Å². The summed E-state index contributed by atoms with van der Waals surface area (Å²) in [6.07, 6.45) is 1.18. The van der Waals surface area contributed by atoms with E-state index < -0.39 is 5.97 Å². The number of fused-ring (bicyclic) bond motifs is 1. The standard InChI is InChI=1S/C17H20N4O4/c22-11-13-3-1-4-15(18-13)17(25)20-7-2-8-21-14(10-20)9-12(19-21)5-6-16(23)24/h1,3-4,9,22H,2,5-8,10-11H2,(H,23,24). The fraction of sp³-hybridized carbons (Fsp3) is 0.412. The molecule has 3 rings (SSSR count). The number of carbonyl (C=O) groups excluding carboxylic acids is 1. The highest BCUT2D eigenvalue weighted by Gasteiger charge is 2.22. The number of hydrogen-bond acceptors (Lipinski definition) is 5. The lowest BCUT2D eigenvalue weighted by atomic mass is 10.2. The minimum Gasteiger partial charge on any atom is -0.481 e. The van der Waals surface area contributed by atoms with Gasteiger partial charge in [0.2, 0.25) is 0 Å². The normalized spacial score (nSPS) is 14.0. The number of aromatic nitrogens is 3. The van der Waals surface area contributed by atoms with Gasteiger partial charge in [0.1, 0.15) is 5.69 Å².